The Morgan fingerprint density at radius 2 is 2.31 bits per heavy atom. The molecule has 74 valence electrons. The van der Waals surface area contributed by atoms with Gasteiger partial charge in [0.05, 0.1) is 5.00 Å². The second-order valence-corrected chi connectivity index (χ2v) is 4.14. The fourth-order valence-corrected chi connectivity index (χ4v) is 1.90. The summed E-state index contributed by atoms with van der Waals surface area (Å²) in [6, 6.07) is 4.20. The molecule has 0 saturated carbocycles. The summed E-state index contributed by atoms with van der Waals surface area (Å²) in [6.07, 6.45) is 1.22. The van der Waals surface area contributed by atoms with Crippen LogP contribution in [0.1, 0.15) is 13.3 Å². The minimum absolute atomic E-state index is 0.729. The second-order valence-electron chi connectivity index (χ2n) is 3.19. The maximum absolute atomic E-state index is 3.44. The third-order valence-corrected chi connectivity index (χ3v) is 2.98. The average molecular weight is 198 g/mol. The smallest absolute Gasteiger partial charge is 0.0882 e. The summed E-state index contributed by atoms with van der Waals surface area (Å²) in [5.41, 5.74) is 0. The van der Waals surface area contributed by atoms with Crippen LogP contribution >= 0.6 is 11.3 Å². The molecular formula is C10H18N2S. The molecule has 0 bridgehead atoms. The van der Waals surface area contributed by atoms with Crippen molar-refractivity contribution in [1.29, 1.82) is 0 Å². The molecule has 1 unspecified atom stereocenters. The Kier molecular flexibility index (Phi) is 4.86. The van der Waals surface area contributed by atoms with Gasteiger partial charge < -0.3 is 10.6 Å². The van der Waals surface area contributed by atoms with Gasteiger partial charge in [-0.1, -0.05) is 13.3 Å². The first-order valence-corrected chi connectivity index (χ1v) is 5.66. The van der Waals surface area contributed by atoms with Crippen LogP contribution in [0.4, 0.5) is 5.00 Å². The molecule has 1 aromatic rings. The molecule has 1 atom stereocenters. The Hall–Kier alpha value is -0.540. The molecule has 3 heteroatoms. The Morgan fingerprint density at radius 1 is 1.46 bits per heavy atom. The number of thiophene rings is 1. The highest BCUT2D eigenvalue weighted by Gasteiger charge is 2.04. The van der Waals surface area contributed by atoms with Crippen LogP contribution in [-0.2, 0) is 0 Å². The average Bonchev–Trinajstić information content (AvgIpc) is 2.64. The van der Waals surface area contributed by atoms with Crippen LogP contribution in [0.3, 0.4) is 0 Å². The molecule has 0 aliphatic carbocycles. The van der Waals surface area contributed by atoms with Gasteiger partial charge in [0.25, 0.3) is 0 Å². The van der Waals surface area contributed by atoms with Crippen LogP contribution in [0.5, 0.6) is 0 Å². The number of hydrogen-bond donors (Lipinski definition) is 2. The van der Waals surface area contributed by atoms with Crippen molar-refractivity contribution in [2.75, 3.05) is 25.5 Å². The molecule has 1 aromatic heterocycles. The molecule has 0 aliphatic rings. The first-order valence-electron chi connectivity index (χ1n) is 4.78. The van der Waals surface area contributed by atoms with E-state index in [0.29, 0.717) is 0 Å². The van der Waals surface area contributed by atoms with Crippen LogP contribution in [0, 0.1) is 5.92 Å². The molecule has 0 radical (unpaired) electrons. The highest BCUT2D eigenvalue weighted by atomic mass is 32.1. The van der Waals surface area contributed by atoms with E-state index < -0.39 is 0 Å². The van der Waals surface area contributed by atoms with Crippen molar-refractivity contribution in [2.24, 2.45) is 5.92 Å². The molecule has 0 aliphatic heterocycles. The predicted octanol–water partition coefficient (Wildman–Crippen LogP) is 2.41. The van der Waals surface area contributed by atoms with E-state index in [9.17, 15) is 0 Å². The van der Waals surface area contributed by atoms with Crippen LogP contribution in [0.25, 0.3) is 0 Å². The fraction of sp³-hybridized carbons (Fsp3) is 0.600. The van der Waals surface area contributed by atoms with Crippen molar-refractivity contribution in [3.05, 3.63) is 17.5 Å². The van der Waals surface area contributed by atoms with Crippen molar-refractivity contribution in [2.45, 2.75) is 13.3 Å². The molecule has 0 fully saturated rings. The molecule has 0 saturated heterocycles. The lowest BCUT2D eigenvalue weighted by Crippen LogP contribution is -2.24. The fourth-order valence-electron chi connectivity index (χ4n) is 1.27. The standard InChI is InChI=1S/C10H18N2S/c1-3-9(7-11-2)8-12-10-5-4-6-13-10/h4-6,9,11-12H,3,7-8H2,1-2H3. The second kappa shape index (κ2) is 6.00. The summed E-state index contributed by atoms with van der Waals surface area (Å²) in [7, 11) is 2.01. The Balaban J connectivity index is 2.23. The number of anilines is 1. The minimum atomic E-state index is 0.729. The molecular weight excluding hydrogens is 180 g/mol. The van der Waals surface area contributed by atoms with Crippen molar-refractivity contribution < 1.29 is 0 Å². The van der Waals surface area contributed by atoms with Gasteiger partial charge in [-0.15, -0.1) is 11.3 Å². The van der Waals surface area contributed by atoms with Gasteiger partial charge in [0.2, 0.25) is 0 Å². The van der Waals surface area contributed by atoms with E-state index in [1.165, 1.54) is 11.4 Å². The van der Waals surface area contributed by atoms with Crippen molar-refractivity contribution in [1.82, 2.24) is 5.32 Å². The summed E-state index contributed by atoms with van der Waals surface area (Å²) in [6.45, 7) is 4.39. The van der Waals surface area contributed by atoms with E-state index in [1.807, 2.05) is 7.05 Å². The van der Waals surface area contributed by atoms with E-state index in [1.54, 1.807) is 11.3 Å². The first kappa shape index (κ1) is 10.5. The predicted molar refractivity (Wildman–Crippen MR) is 60.5 cm³/mol. The summed E-state index contributed by atoms with van der Waals surface area (Å²) in [5, 5.41) is 10.0. The first-order chi connectivity index (χ1) is 6.36. The zero-order valence-electron chi connectivity index (χ0n) is 8.34. The minimum Gasteiger partial charge on any atom is -0.377 e. The zero-order chi connectivity index (χ0) is 9.52. The van der Waals surface area contributed by atoms with Gasteiger partial charge in [-0.2, -0.15) is 0 Å². The largest absolute Gasteiger partial charge is 0.377 e. The molecule has 0 aromatic carbocycles. The number of rotatable bonds is 6. The third kappa shape index (κ3) is 3.79. The van der Waals surface area contributed by atoms with Gasteiger partial charge in [-0.3, -0.25) is 0 Å². The summed E-state index contributed by atoms with van der Waals surface area (Å²) >= 11 is 1.76. The van der Waals surface area contributed by atoms with E-state index in [4.69, 9.17) is 0 Å². The monoisotopic (exact) mass is 198 g/mol. The van der Waals surface area contributed by atoms with Gasteiger partial charge in [-0.25, -0.2) is 0 Å². The summed E-state index contributed by atoms with van der Waals surface area (Å²) < 4.78 is 0. The molecule has 2 nitrogen and oxygen atoms in total. The Labute approximate surface area is 84.4 Å². The lowest BCUT2D eigenvalue weighted by atomic mass is 10.1. The van der Waals surface area contributed by atoms with Gasteiger partial charge in [0.1, 0.15) is 0 Å². The molecule has 0 spiro atoms. The van der Waals surface area contributed by atoms with E-state index in [2.05, 4.69) is 35.1 Å². The van der Waals surface area contributed by atoms with Crippen molar-refractivity contribution in [3.8, 4) is 0 Å². The molecule has 2 N–H and O–H groups in total. The van der Waals surface area contributed by atoms with Gasteiger partial charge >= 0.3 is 0 Å². The number of hydrogen-bond acceptors (Lipinski definition) is 3. The maximum atomic E-state index is 3.44. The van der Waals surface area contributed by atoms with Crippen molar-refractivity contribution in [3.63, 3.8) is 0 Å². The lowest BCUT2D eigenvalue weighted by molar-refractivity contribution is 0.507. The van der Waals surface area contributed by atoms with Gasteiger partial charge in [-0.05, 0) is 37.0 Å². The Bertz CT molecular complexity index is 209. The zero-order valence-corrected chi connectivity index (χ0v) is 9.16. The summed E-state index contributed by atoms with van der Waals surface area (Å²) in [4.78, 5) is 0. The summed E-state index contributed by atoms with van der Waals surface area (Å²) in [5.74, 6) is 0.729. The van der Waals surface area contributed by atoms with Crippen molar-refractivity contribution >= 4 is 16.3 Å². The van der Waals surface area contributed by atoms with Gasteiger partial charge in [0.15, 0.2) is 0 Å². The third-order valence-electron chi connectivity index (χ3n) is 2.16. The van der Waals surface area contributed by atoms with E-state index in [0.717, 1.165) is 19.0 Å². The molecule has 13 heavy (non-hydrogen) atoms. The highest BCUT2D eigenvalue weighted by Crippen LogP contribution is 2.15. The quantitative estimate of drug-likeness (QED) is 0.733. The van der Waals surface area contributed by atoms with Gasteiger partial charge in [0, 0.05) is 6.54 Å². The Morgan fingerprint density at radius 3 is 2.85 bits per heavy atom. The van der Waals surface area contributed by atoms with E-state index >= 15 is 0 Å². The lowest BCUT2D eigenvalue weighted by Gasteiger charge is -2.14. The number of nitrogens with one attached hydrogen (secondary N) is 2. The maximum Gasteiger partial charge on any atom is 0.0882 e. The van der Waals surface area contributed by atoms with E-state index in [-0.39, 0.29) is 0 Å². The van der Waals surface area contributed by atoms with Crippen LogP contribution < -0.4 is 10.6 Å². The normalized spacial score (nSPS) is 12.8. The van der Waals surface area contributed by atoms with Crippen LogP contribution in [-0.4, -0.2) is 20.1 Å². The molecule has 1 rings (SSSR count). The topological polar surface area (TPSA) is 24.1 Å². The van der Waals surface area contributed by atoms with Crippen LogP contribution in [0.15, 0.2) is 17.5 Å². The molecule has 0 amide bonds. The SMILES string of the molecule is CCC(CNC)CNc1cccs1. The highest BCUT2D eigenvalue weighted by molar-refractivity contribution is 7.14. The van der Waals surface area contributed by atoms with Crippen LogP contribution in [0.2, 0.25) is 0 Å². The molecule has 1 heterocycles.